The van der Waals surface area contributed by atoms with Gasteiger partial charge < -0.3 is 19.1 Å². The van der Waals surface area contributed by atoms with Crippen molar-refractivity contribution in [2.24, 2.45) is 5.92 Å². The van der Waals surface area contributed by atoms with Gasteiger partial charge in [-0.2, -0.15) is 0 Å². The number of carbonyl (C=O) groups excluding carboxylic acids is 2. The molecule has 7 nitrogen and oxygen atoms in total. The second-order valence-electron chi connectivity index (χ2n) is 13.1. The van der Waals surface area contributed by atoms with Crippen LogP contribution in [0, 0.1) is 12.8 Å². The molecule has 228 valence electrons. The number of rotatable bonds is 9. The third-order valence-corrected chi connectivity index (χ3v) is 10.1. The number of nitrogens with zero attached hydrogens (tertiary/aromatic N) is 2. The first kappa shape index (κ1) is 29.5. The molecular formula is C36H44N2O5. The summed E-state index contributed by atoms with van der Waals surface area (Å²) in [5.74, 6) is 1.39. The molecule has 0 unspecified atom stereocenters. The summed E-state index contributed by atoms with van der Waals surface area (Å²) in [6, 6.07) is 12.1. The third-order valence-electron chi connectivity index (χ3n) is 10.1. The van der Waals surface area contributed by atoms with Gasteiger partial charge in [-0.15, -0.1) is 6.58 Å². The first-order chi connectivity index (χ1) is 20.6. The molecule has 6 rings (SSSR count). The lowest BCUT2D eigenvalue weighted by Gasteiger charge is -2.65. The van der Waals surface area contributed by atoms with Crippen molar-refractivity contribution in [2.75, 3.05) is 26.7 Å². The maximum atomic E-state index is 14.1. The molecule has 43 heavy (non-hydrogen) atoms. The minimum absolute atomic E-state index is 0.0162. The SMILES string of the molecule is C=CCN1CC[C@]23c4c5ccc(OC)c4O[C@H]2[C@@H](N(CC(C)C)C(=O)C=Cc2cccc(C)c2)CC[C@@]3(OC(C)=O)[C@H]1C5. The summed E-state index contributed by atoms with van der Waals surface area (Å²) in [5, 5.41) is 0. The van der Waals surface area contributed by atoms with Gasteiger partial charge in [-0.1, -0.05) is 55.8 Å². The van der Waals surface area contributed by atoms with E-state index in [2.05, 4.69) is 50.4 Å². The standard InChI is InChI=1S/C36H44N2O5/c1-7-18-37-19-17-35-32-27-12-13-29(41-6)33(32)42-34(35)28(15-16-36(35,30(37)21-27)43-25(5)39)38(22-23(2)3)31(40)14-11-26-10-8-9-24(4)20-26/h7-14,20,23,28,30,34H,1,15-19,21-22H2,2-6H3/t28-,30+,34-,35-,36+/m0/s1. The quantitative estimate of drug-likeness (QED) is 0.221. The van der Waals surface area contributed by atoms with Crippen LogP contribution < -0.4 is 9.47 Å². The number of esters is 1. The van der Waals surface area contributed by atoms with Gasteiger partial charge in [0.25, 0.3) is 0 Å². The first-order valence-electron chi connectivity index (χ1n) is 15.6. The monoisotopic (exact) mass is 584 g/mol. The fourth-order valence-electron chi connectivity index (χ4n) is 8.71. The van der Waals surface area contributed by atoms with Gasteiger partial charge in [0.1, 0.15) is 11.7 Å². The fraction of sp³-hybridized carbons (Fsp3) is 0.500. The van der Waals surface area contributed by atoms with Crippen LogP contribution in [0.4, 0.5) is 0 Å². The molecule has 5 atom stereocenters. The molecule has 2 heterocycles. The topological polar surface area (TPSA) is 68.3 Å². The lowest BCUT2D eigenvalue weighted by Crippen LogP contribution is -2.79. The van der Waals surface area contributed by atoms with Crippen molar-refractivity contribution in [2.45, 2.75) is 82.6 Å². The van der Waals surface area contributed by atoms with E-state index in [4.69, 9.17) is 14.2 Å². The van der Waals surface area contributed by atoms with Crippen LogP contribution in [-0.2, 0) is 26.2 Å². The average molecular weight is 585 g/mol. The predicted octanol–water partition coefficient (Wildman–Crippen LogP) is 5.48. The van der Waals surface area contributed by atoms with E-state index in [1.165, 1.54) is 12.5 Å². The first-order valence-corrected chi connectivity index (χ1v) is 15.6. The van der Waals surface area contributed by atoms with Crippen LogP contribution in [0.2, 0.25) is 0 Å². The summed E-state index contributed by atoms with van der Waals surface area (Å²) in [4.78, 5) is 31.5. The number of methoxy groups -OCH3 is 1. The summed E-state index contributed by atoms with van der Waals surface area (Å²) >= 11 is 0. The average Bonchev–Trinajstić information content (AvgIpc) is 3.31. The molecule has 1 saturated heterocycles. The van der Waals surface area contributed by atoms with Crippen LogP contribution in [0.25, 0.3) is 6.08 Å². The molecule has 1 amide bonds. The van der Waals surface area contributed by atoms with Crippen molar-refractivity contribution >= 4 is 18.0 Å². The zero-order valence-electron chi connectivity index (χ0n) is 26.1. The molecular weight excluding hydrogens is 540 g/mol. The zero-order chi connectivity index (χ0) is 30.5. The molecule has 2 aromatic rings. The van der Waals surface area contributed by atoms with Crippen LogP contribution in [0.5, 0.6) is 11.5 Å². The summed E-state index contributed by atoms with van der Waals surface area (Å²) in [7, 11) is 1.67. The second-order valence-corrected chi connectivity index (χ2v) is 13.1. The molecule has 1 saturated carbocycles. The highest BCUT2D eigenvalue weighted by Gasteiger charge is 2.75. The maximum absolute atomic E-state index is 14.1. The largest absolute Gasteiger partial charge is 0.493 e. The summed E-state index contributed by atoms with van der Waals surface area (Å²) in [5.41, 5.74) is 3.09. The summed E-state index contributed by atoms with van der Waals surface area (Å²) in [6.45, 7) is 14.0. The van der Waals surface area contributed by atoms with Gasteiger partial charge in [0, 0.05) is 38.2 Å². The molecule has 2 aliphatic carbocycles. The fourth-order valence-corrected chi connectivity index (χ4v) is 8.71. The Morgan fingerprint density at radius 3 is 2.74 bits per heavy atom. The van der Waals surface area contributed by atoms with Crippen LogP contribution in [-0.4, -0.2) is 72.2 Å². The number of likely N-dealkylation sites (tertiary alicyclic amines) is 1. The van der Waals surface area contributed by atoms with Crippen molar-refractivity contribution in [1.82, 2.24) is 9.80 Å². The lowest BCUT2D eigenvalue weighted by molar-refractivity contribution is -0.223. The van der Waals surface area contributed by atoms with E-state index in [1.807, 2.05) is 35.3 Å². The highest BCUT2D eigenvalue weighted by Crippen LogP contribution is 2.67. The van der Waals surface area contributed by atoms with Gasteiger partial charge >= 0.3 is 5.97 Å². The zero-order valence-corrected chi connectivity index (χ0v) is 26.1. The Balaban J connectivity index is 1.48. The van der Waals surface area contributed by atoms with E-state index in [9.17, 15) is 9.59 Å². The summed E-state index contributed by atoms with van der Waals surface area (Å²) in [6.07, 6.45) is 7.98. The molecule has 0 aromatic heterocycles. The van der Waals surface area contributed by atoms with Gasteiger partial charge in [0.05, 0.1) is 24.6 Å². The Morgan fingerprint density at radius 2 is 2.05 bits per heavy atom. The van der Waals surface area contributed by atoms with Crippen molar-refractivity contribution in [3.05, 3.63) is 77.4 Å². The van der Waals surface area contributed by atoms with E-state index >= 15 is 0 Å². The van der Waals surface area contributed by atoms with E-state index < -0.39 is 11.0 Å². The van der Waals surface area contributed by atoms with Crippen LogP contribution in [0.3, 0.4) is 0 Å². The number of carbonyl (C=O) groups is 2. The molecule has 0 radical (unpaired) electrons. The smallest absolute Gasteiger partial charge is 0.303 e. The van der Waals surface area contributed by atoms with Gasteiger partial charge in [-0.25, -0.2) is 0 Å². The van der Waals surface area contributed by atoms with Gasteiger partial charge in [-0.05, 0) is 61.8 Å². The lowest BCUT2D eigenvalue weighted by atomic mass is 9.48. The molecule has 2 fully saturated rings. The molecule has 7 heteroatoms. The number of amides is 1. The minimum Gasteiger partial charge on any atom is -0.493 e. The molecule has 0 N–H and O–H groups in total. The van der Waals surface area contributed by atoms with E-state index in [1.54, 1.807) is 13.2 Å². The number of hydrogen-bond donors (Lipinski definition) is 0. The maximum Gasteiger partial charge on any atom is 0.303 e. The van der Waals surface area contributed by atoms with Gasteiger partial charge in [-0.3, -0.25) is 14.5 Å². The number of hydrogen-bond acceptors (Lipinski definition) is 6. The van der Waals surface area contributed by atoms with E-state index in [0.29, 0.717) is 25.1 Å². The highest BCUT2D eigenvalue weighted by molar-refractivity contribution is 5.92. The second kappa shape index (κ2) is 11.2. The molecule has 2 bridgehead atoms. The molecule has 1 spiro atoms. The van der Waals surface area contributed by atoms with Crippen molar-refractivity contribution in [3.63, 3.8) is 0 Å². The molecule has 2 aliphatic heterocycles. The Labute approximate surface area is 255 Å². The van der Waals surface area contributed by atoms with Gasteiger partial charge in [0.15, 0.2) is 11.5 Å². The van der Waals surface area contributed by atoms with Crippen LogP contribution in [0.1, 0.15) is 62.3 Å². The van der Waals surface area contributed by atoms with Gasteiger partial charge in [0.2, 0.25) is 5.91 Å². The van der Waals surface area contributed by atoms with Crippen molar-refractivity contribution < 1.29 is 23.8 Å². The Bertz CT molecular complexity index is 1470. The Morgan fingerprint density at radius 1 is 1.23 bits per heavy atom. The highest BCUT2D eigenvalue weighted by atomic mass is 16.6. The molecule has 4 aliphatic rings. The van der Waals surface area contributed by atoms with Crippen LogP contribution >= 0.6 is 0 Å². The molecule has 2 aromatic carbocycles. The third kappa shape index (κ3) is 4.59. The number of ether oxygens (including phenoxy) is 3. The number of benzene rings is 2. The predicted molar refractivity (Wildman–Crippen MR) is 167 cm³/mol. The number of piperidine rings is 1. The van der Waals surface area contributed by atoms with E-state index in [-0.39, 0.29) is 36.0 Å². The Kier molecular flexibility index (Phi) is 7.66. The number of aryl methyl sites for hydroxylation is 1. The van der Waals surface area contributed by atoms with Crippen LogP contribution in [0.15, 0.2) is 55.1 Å². The minimum atomic E-state index is -0.782. The Hall–Kier alpha value is -3.58. The summed E-state index contributed by atoms with van der Waals surface area (Å²) < 4.78 is 19.5. The van der Waals surface area contributed by atoms with Crippen molar-refractivity contribution in [3.8, 4) is 11.5 Å². The van der Waals surface area contributed by atoms with E-state index in [0.717, 1.165) is 48.4 Å². The normalized spacial score (nSPS) is 28.7. The van der Waals surface area contributed by atoms with Crippen molar-refractivity contribution in [1.29, 1.82) is 0 Å².